The van der Waals surface area contributed by atoms with E-state index in [0.717, 1.165) is 6.07 Å². The molecule has 2 aromatic heterocycles. The number of hydrogen-bond donors (Lipinski definition) is 0. The average molecular weight is 484 g/mol. The minimum Gasteiger partial charge on any atom is -0.420 e. The van der Waals surface area contributed by atoms with E-state index in [1.54, 1.807) is 7.05 Å². The molecule has 0 spiro atoms. The van der Waals surface area contributed by atoms with E-state index in [2.05, 4.69) is 9.97 Å². The van der Waals surface area contributed by atoms with Crippen molar-refractivity contribution in [1.82, 2.24) is 14.5 Å². The fraction of sp³-hybridized carbons (Fsp3) is 0.286. The standard InChI is InChI=1S/C21H20ClF2N3O4S/c1-3-4-7-32(29,30)12-15-10-18(13-5-6-19(28)27(2)11-13)26-21(25-15)31-20-16(22)8-14(23)9-17(20)24/h5-6,8-11H,3-4,7,12H2,1-2H3. The third kappa shape index (κ3) is 5.89. The summed E-state index contributed by atoms with van der Waals surface area (Å²) in [5, 5.41) is -0.337. The van der Waals surface area contributed by atoms with Crippen molar-refractivity contribution in [3.05, 3.63) is 69.2 Å². The molecule has 3 aromatic rings. The Morgan fingerprint density at radius 1 is 1.16 bits per heavy atom. The van der Waals surface area contributed by atoms with Gasteiger partial charge in [0.25, 0.3) is 0 Å². The molecule has 0 fully saturated rings. The van der Waals surface area contributed by atoms with E-state index in [1.165, 1.54) is 29.0 Å². The maximum Gasteiger partial charge on any atom is 0.322 e. The minimum absolute atomic E-state index is 0.0166. The Bertz CT molecular complexity index is 1290. The average Bonchev–Trinajstić information content (AvgIpc) is 2.70. The van der Waals surface area contributed by atoms with Gasteiger partial charge in [-0.2, -0.15) is 9.97 Å². The molecule has 170 valence electrons. The largest absolute Gasteiger partial charge is 0.420 e. The van der Waals surface area contributed by atoms with Crippen molar-refractivity contribution in [2.24, 2.45) is 7.05 Å². The van der Waals surface area contributed by atoms with E-state index in [4.69, 9.17) is 16.3 Å². The number of rotatable bonds is 8. The number of nitrogens with zero attached hydrogens (tertiary/aromatic N) is 3. The lowest BCUT2D eigenvalue weighted by atomic mass is 10.2. The summed E-state index contributed by atoms with van der Waals surface area (Å²) < 4.78 is 59.2. The van der Waals surface area contributed by atoms with Gasteiger partial charge in [-0.3, -0.25) is 4.79 Å². The van der Waals surface area contributed by atoms with Gasteiger partial charge in [-0.05, 0) is 24.6 Å². The summed E-state index contributed by atoms with van der Waals surface area (Å²) >= 11 is 5.89. The van der Waals surface area contributed by atoms with Crippen molar-refractivity contribution in [3.8, 4) is 23.0 Å². The van der Waals surface area contributed by atoms with Gasteiger partial charge in [0.2, 0.25) is 5.56 Å². The first-order valence-corrected chi connectivity index (χ1v) is 11.9. The smallest absolute Gasteiger partial charge is 0.322 e. The summed E-state index contributed by atoms with van der Waals surface area (Å²) in [5.74, 6) is -2.85. The Labute approximate surface area is 188 Å². The lowest BCUT2D eigenvalue weighted by molar-refractivity contribution is 0.407. The molecular formula is C21H20ClF2N3O4S. The number of aromatic nitrogens is 3. The molecule has 0 aliphatic carbocycles. The number of benzene rings is 1. The molecule has 0 bridgehead atoms. The Morgan fingerprint density at radius 3 is 2.56 bits per heavy atom. The molecule has 0 aliphatic rings. The number of unbranched alkanes of at least 4 members (excludes halogenated alkanes) is 1. The molecule has 11 heteroatoms. The van der Waals surface area contributed by atoms with Crippen molar-refractivity contribution < 1.29 is 21.9 Å². The molecule has 1 aromatic carbocycles. The maximum absolute atomic E-state index is 14.2. The number of hydrogen-bond acceptors (Lipinski definition) is 6. The number of halogens is 3. The van der Waals surface area contributed by atoms with Crippen LogP contribution in [0.25, 0.3) is 11.3 Å². The number of aryl methyl sites for hydroxylation is 1. The molecule has 0 N–H and O–H groups in total. The highest BCUT2D eigenvalue weighted by atomic mass is 35.5. The molecule has 0 radical (unpaired) electrons. The van der Waals surface area contributed by atoms with Crippen molar-refractivity contribution in [2.75, 3.05) is 5.75 Å². The molecule has 0 unspecified atom stereocenters. The molecule has 32 heavy (non-hydrogen) atoms. The van der Waals surface area contributed by atoms with Gasteiger partial charge in [0, 0.05) is 30.9 Å². The highest BCUT2D eigenvalue weighted by Crippen LogP contribution is 2.32. The summed E-state index contributed by atoms with van der Waals surface area (Å²) in [7, 11) is -1.92. The molecular weight excluding hydrogens is 464 g/mol. The van der Waals surface area contributed by atoms with E-state index in [0.29, 0.717) is 24.5 Å². The highest BCUT2D eigenvalue weighted by molar-refractivity contribution is 7.90. The van der Waals surface area contributed by atoms with Crippen LogP contribution in [0.5, 0.6) is 11.8 Å². The van der Waals surface area contributed by atoms with Crippen molar-refractivity contribution in [3.63, 3.8) is 0 Å². The second-order valence-electron chi connectivity index (χ2n) is 7.14. The van der Waals surface area contributed by atoms with Crippen molar-refractivity contribution in [1.29, 1.82) is 0 Å². The van der Waals surface area contributed by atoms with E-state index < -0.39 is 27.2 Å². The highest BCUT2D eigenvalue weighted by Gasteiger charge is 2.19. The summed E-state index contributed by atoms with van der Waals surface area (Å²) in [6, 6.07) is 5.38. The third-order valence-corrected chi connectivity index (χ3v) is 6.40. The molecule has 3 rings (SSSR count). The fourth-order valence-electron chi connectivity index (χ4n) is 2.87. The minimum atomic E-state index is -3.47. The maximum atomic E-state index is 14.2. The Morgan fingerprint density at radius 2 is 1.91 bits per heavy atom. The van der Waals surface area contributed by atoms with Crippen LogP contribution in [0.4, 0.5) is 8.78 Å². The Hall–Kier alpha value is -2.85. The zero-order valence-electron chi connectivity index (χ0n) is 17.3. The monoisotopic (exact) mass is 483 g/mol. The first-order chi connectivity index (χ1) is 15.1. The first-order valence-electron chi connectivity index (χ1n) is 9.66. The molecule has 0 atom stereocenters. The van der Waals surface area contributed by atoms with Gasteiger partial charge in [-0.1, -0.05) is 24.9 Å². The van der Waals surface area contributed by atoms with Crippen LogP contribution in [0.1, 0.15) is 25.5 Å². The molecule has 0 aliphatic heterocycles. The van der Waals surface area contributed by atoms with Crippen LogP contribution < -0.4 is 10.3 Å². The van der Waals surface area contributed by atoms with Crippen LogP contribution >= 0.6 is 11.6 Å². The van der Waals surface area contributed by atoms with Crippen LogP contribution in [0, 0.1) is 11.6 Å². The number of sulfone groups is 1. The zero-order valence-corrected chi connectivity index (χ0v) is 18.9. The lowest BCUT2D eigenvalue weighted by Crippen LogP contribution is -2.14. The first kappa shape index (κ1) is 23.8. The second kappa shape index (κ2) is 9.74. The zero-order chi connectivity index (χ0) is 23.5. The summed E-state index contributed by atoms with van der Waals surface area (Å²) in [4.78, 5) is 20.0. The van der Waals surface area contributed by atoms with Crippen LogP contribution in [-0.2, 0) is 22.6 Å². The van der Waals surface area contributed by atoms with Gasteiger partial charge in [-0.25, -0.2) is 17.2 Å². The lowest BCUT2D eigenvalue weighted by Gasteiger charge is -2.11. The fourth-order valence-corrected chi connectivity index (χ4v) is 4.57. The number of pyridine rings is 1. The molecule has 0 amide bonds. The third-order valence-electron chi connectivity index (χ3n) is 4.47. The van der Waals surface area contributed by atoms with Gasteiger partial charge < -0.3 is 9.30 Å². The van der Waals surface area contributed by atoms with Crippen LogP contribution in [-0.4, -0.2) is 28.7 Å². The van der Waals surface area contributed by atoms with E-state index >= 15 is 0 Å². The molecule has 2 heterocycles. The Balaban J connectivity index is 2.08. The van der Waals surface area contributed by atoms with Crippen molar-refractivity contribution >= 4 is 21.4 Å². The summed E-state index contributed by atoms with van der Waals surface area (Å²) in [6.07, 6.45) is 2.72. The van der Waals surface area contributed by atoms with E-state index in [-0.39, 0.29) is 39.5 Å². The number of ether oxygens (including phenoxy) is 1. The normalized spacial score (nSPS) is 11.5. The van der Waals surface area contributed by atoms with Crippen LogP contribution in [0.3, 0.4) is 0 Å². The SMILES string of the molecule is CCCCS(=O)(=O)Cc1cc(-c2ccc(=O)n(C)c2)nc(Oc2c(F)cc(F)cc2Cl)n1. The predicted molar refractivity (Wildman–Crippen MR) is 117 cm³/mol. The Kier molecular flexibility index (Phi) is 7.25. The quantitative estimate of drug-likeness (QED) is 0.475. The molecule has 0 saturated heterocycles. The van der Waals surface area contributed by atoms with Gasteiger partial charge in [-0.15, -0.1) is 0 Å². The second-order valence-corrected chi connectivity index (χ2v) is 9.73. The van der Waals surface area contributed by atoms with Gasteiger partial charge in [0.15, 0.2) is 21.4 Å². The van der Waals surface area contributed by atoms with Gasteiger partial charge >= 0.3 is 6.01 Å². The predicted octanol–water partition coefficient (Wildman–Crippen LogP) is 4.28. The van der Waals surface area contributed by atoms with Gasteiger partial charge in [0.05, 0.1) is 27.9 Å². The van der Waals surface area contributed by atoms with E-state index in [1.807, 2.05) is 6.92 Å². The van der Waals surface area contributed by atoms with E-state index in [9.17, 15) is 22.0 Å². The van der Waals surface area contributed by atoms with Gasteiger partial charge in [0.1, 0.15) is 5.82 Å². The summed E-state index contributed by atoms with van der Waals surface area (Å²) in [5.41, 5.74) is 0.609. The van der Waals surface area contributed by atoms with Crippen LogP contribution in [0.15, 0.2) is 41.3 Å². The van der Waals surface area contributed by atoms with Crippen LogP contribution in [0.2, 0.25) is 5.02 Å². The molecule has 0 saturated carbocycles. The molecule has 7 nitrogen and oxygen atoms in total. The topological polar surface area (TPSA) is 91.2 Å². The van der Waals surface area contributed by atoms with Crippen molar-refractivity contribution in [2.45, 2.75) is 25.5 Å². The summed E-state index contributed by atoms with van der Waals surface area (Å²) in [6.45, 7) is 1.88.